The van der Waals surface area contributed by atoms with E-state index in [1.54, 1.807) is 6.21 Å². The highest BCUT2D eigenvalue weighted by atomic mass is 16.5. The third-order valence-electron chi connectivity index (χ3n) is 5.32. The Labute approximate surface area is 187 Å². The van der Waals surface area contributed by atoms with E-state index in [2.05, 4.69) is 20.4 Å². The van der Waals surface area contributed by atoms with Crippen LogP contribution in [0.4, 0.5) is 11.5 Å². The fourth-order valence-corrected chi connectivity index (χ4v) is 3.66. The molecule has 0 aliphatic carbocycles. The number of aryl methyl sites for hydroxylation is 1. The topological polar surface area (TPSA) is 96.4 Å². The Hall–Kier alpha value is -3.46. The van der Waals surface area contributed by atoms with Crippen LogP contribution >= 0.6 is 0 Å². The van der Waals surface area contributed by atoms with Crippen LogP contribution in [0.2, 0.25) is 0 Å². The van der Waals surface area contributed by atoms with Gasteiger partial charge in [-0.1, -0.05) is 29.8 Å². The van der Waals surface area contributed by atoms with Gasteiger partial charge in [-0.05, 0) is 12.5 Å². The van der Waals surface area contributed by atoms with Crippen molar-refractivity contribution < 1.29 is 19.1 Å². The summed E-state index contributed by atoms with van der Waals surface area (Å²) in [5.74, 6) is 0.644. The summed E-state index contributed by atoms with van der Waals surface area (Å²) in [6.45, 7) is 5.29. The van der Waals surface area contributed by atoms with E-state index in [0.29, 0.717) is 24.9 Å². The number of ether oxygens (including phenoxy) is 2. The summed E-state index contributed by atoms with van der Waals surface area (Å²) in [6, 6.07) is 11.8. The van der Waals surface area contributed by atoms with E-state index in [1.807, 2.05) is 43.3 Å². The van der Waals surface area contributed by atoms with Crippen molar-refractivity contribution in [3.63, 3.8) is 0 Å². The molecule has 0 radical (unpaired) electrons. The monoisotopic (exact) mass is 437 g/mol. The molecule has 32 heavy (non-hydrogen) atoms. The van der Waals surface area contributed by atoms with Crippen LogP contribution in [0.25, 0.3) is 0 Å². The lowest BCUT2D eigenvalue weighted by atomic mass is 10.2. The van der Waals surface area contributed by atoms with Crippen molar-refractivity contribution in [2.24, 2.45) is 5.10 Å². The van der Waals surface area contributed by atoms with Crippen LogP contribution < -0.4 is 15.1 Å². The number of benzene rings is 1. The molecule has 2 aliphatic heterocycles. The molecule has 0 saturated carbocycles. The lowest BCUT2D eigenvalue weighted by molar-refractivity contribution is -0.138. The van der Waals surface area contributed by atoms with Gasteiger partial charge in [0.25, 0.3) is 0 Å². The molecule has 2 saturated heterocycles. The molecular formula is C23H27N5O4. The zero-order chi connectivity index (χ0) is 22.3. The molecule has 9 nitrogen and oxygen atoms in total. The SMILES string of the molecule is Cc1cccc(C=NNc2cc(N3CCOCC3)cc(OCCN3C(=O)CCC3=O)n2)c1. The van der Waals surface area contributed by atoms with E-state index >= 15 is 0 Å². The van der Waals surface area contributed by atoms with Gasteiger partial charge in [-0.2, -0.15) is 10.1 Å². The minimum absolute atomic E-state index is 0.151. The standard InChI is InChI=1S/C23H27N5O4/c1-17-3-2-4-18(13-17)16-24-26-20-14-19(27-7-10-31-11-8-27)15-21(25-20)32-12-9-28-22(29)5-6-23(28)30/h2-4,13-16H,5-12H2,1H3,(H,25,26). The van der Waals surface area contributed by atoms with E-state index in [-0.39, 0.29) is 37.8 Å². The van der Waals surface area contributed by atoms with Gasteiger partial charge in [0.05, 0.1) is 26.0 Å². The van der Waals surface area contributed by atoms with Crippen molar-refractivity contribution in [1.29, 1.82) is 0 Å². The molecule has 3 heterocycles. The van der Waals surface area contributed by atoms with Gasteiger partial charge in [0, 0.05) is 43.8 Å². The summed E-state index contributed by atoms with van der Waals surface area (Å²) in [6.07, 6.45) is 2.29. The Bertz CT molecular complexity index is 988. The molecule has 2 aromatic rings. The first-order valence-corrected chi connectivity index (χ1v) is 10.7. The molecule has 9 heteroatoms. The molecular weight excluding hydrogens is 410 g/mol. The zero-order valence-corrected chi connectivity index (χ0v) is 18.1. The number of nitrogens with zero attached hydrogens (tertiary/aromatic N) is 4. The predicted octanol–water partition coefficient (Wildman–Crippen LogP) is 2.20. The van der Waals surface area contributed by atoms with Gasteiger partial charge in [-0.25, -0.2) is 0 Å². The number of rotatable bonds is 8. The van der Waals surface area contributed by atoms with Crippen LogP contribution in [0, 0.1) is 6.92 Å². The Morgan fingerprint density at radius 2 is 1.94 bits per heavy atom. The number of anilines is 2. The molecule has 2 aliphatic rings. The van der Waals surface area contributed by atoms with Gasteiger partial charge >= 0.3 is 0 Å². The summed E-state index contributed by atoms with van der Waals surface area (Å²) in [5, 5.41) is 4.31. The Morgan fingerprint density at radius 3 is 2.69 bits per heavy atom. The average Bonchev–Trinajstić information content (AvgIpc) is 3.12. The molecule has 4 rings (SSSR count). The van der Waals surface area contributed by atoms with Crippen LogP contribution in [0.15, 0.2) is 41.5 Å². The largest absolute Gasteiger partial charge is 0.476 e. The van der Waals surface area contributed by atoms with Crippen LogP contribution in [0.3, 0.4) is 0 Å². The third kappa shape index (κ3) is 5.61. The van der Waals surface area contributed by atoms with Crippen molar-refractivity contribution in [1.82, 2.24) is 9.88 Å². The normalized spacial score (nSPS) is 16.8. The highest BCUT2D eigenvalue weighted by Gasteiger charge is 2.28. The number of likely N-dealkylation sites (tertiary alicyclic amines) is 1. The number of nitrogens with one attached hydrogen (secondary N) is 1. The molecule has 0 atom stereocenters. The summed E-state index contributed by atoms with van der Waals surface area (Å²) in [7, 11) is 0. The van der Waals surface area contributed by atoms with Gasteiger partial charge < -0.3 is 14.4 Å². The molecule has 2 amide bonds. The Balaban J connectivity index is 1.46. The first-order chi connectivity index (χ1) is 15.6. The third-order valence-corrected chi connectivity index (χ3v) is 5.32. The quantitative estimate of drug-likeness (QED) is 0.384. The number of hydrazone groups is 1. The first-order valence-electron chi connectivity index (χ1n) is 10.7. The summed E-state index contributed by atoms with van der Waals surface area (Å²) < 4.78 is 11.3. The number of carbonyl (C=O) groups excluding carboxylic acids is 2. The van der Waals surface area contributed by atoms with Crippen LogP contribution in [-0.2, 0) is 14.3 Å². The molecule has 0 bridgehead atoms. The molecule has 0 unspecified atom stereocenters. The second-order valence-electron chi connectivity index (χ2n) is 7.72. The number of hydrogen-bond donors (Lipinski definition) is 1. The molecule has 168 valence electrons. The summed E-state index contributed by atoms with van der Waals surface area (Å²) >= 11 is 0. The first kappa shape index (κ1) is 21.8. The van der Waals surface area contributed by atoms with Crippen LogP contribution in [0.5, 0.6) is 5.88 Å². The molecule has 0 spiro atoms. The van der Waals surface area contributed by atoms with Gasteiger partial charge in [0.1, 0.15) is 6.61 Å². The molecule has 1 aromatic heterocycles. The maximum absolute atomic E-state index is 11.8. The fraction of sp³-hybridized carbons (Fsp3) is 0.391. The number of amides is 2. The van der Waals surface area contributed by atoms with E-state index < -0.39 is 0 Å². The second-order valence-corrected chi connectivity index (χ2v) is 7.72. The van der Waals surface area contributed by atoms with Crippen molar-refractivity contribution in [3.05, 3.63) is 47.5 Å². The van der Waals surface area contributed by atoms with Crippen molar-refractivity contribution >= 4 is 29.5 Å². The highest BCUT2D eigenvalue weighted by Crippen LogP contribution is 2.25. The molecule has 1 N–H and O–H groups in total. The lowest BCUT2D eigenvalue weighted by Crippen LogP contribution is -2.36. The zero-order valence-electron chi connectivity index (χ0n) is 18.1. The van der Waals surface area contributed by atoms with E-state index in [9.17, 15) is 9.59 Å². The van der Waals surface area contributed by atoms with E-state index in [4.69, 9.17) is 9.47 Å². The number of aromatic nitrogens is 1. The number of imide groups is 1. The molecule has 2 fully saturated rings. The minimum atomic E-state index is -0.151. The average molecular weight is 438 g/mol. The van der Waals surface area contributed by atoms with Gasteiger partial charge in [-0.3, -0.25) is 19.9 Å². The highest BCUT2D eigenvalue weighted by molar-refractivity contribution is 6.01. The van der Waals surface area contributed by atoms with Crippen molar-refractivity contribution in [2.45, 2.75) is 19.8 Å². The second kappa shape index (κ2) is 10.2. The van der Waals surface area contributed by atoms with Crippen LogP contribution in [-0.4, -0.2) is 67.4 Å². The lowest BCUT2D eigenvalue weighted by Gasteiger charge is -2.29. The predicted molar refractivity (Wildman–Crippen MR) is 121 cm³/mol. The van der Waals surface area contributed by atoms with Crippen LogP contribution in [0.1, 0.15) is 24.0 Å². The maximum Gasteiger partial charge on any atom is 0.229 e. The molecule has 1 aromatic carbocycles. The van der Waals surface area contributed by atoms with Gasteiger partial charge in [0.15, 0.2) is 5.82 Å². The van der Waals surface area contributed by atoms with Gasteiger partial charge in [-0.15, -0.1) is 0 Å². The summed E-state index contributed by atoms with van der Waals surface area (Å²) in [5.41, 5.74) is 6.07. The van der Waals surface area contributed by atoms with Crippen molar-refractivity contribution in [3.8, 4) is 5.88 Å². The van der Waals surface area contributed by atoms with E-state index in [0.717, 1.165) is 29.9 Å². The van der Waals surface area contributed by atoms with Crippen molar-refractivity contribution in [2.75, 3.05) is 49.8 Å². The Morgan fingerprint density at radius 1 is 1.16 bits per heavy atom. The number of carbonyl (C=O) groups is 2. The Kier molecular flexibility index (Phi) is 6.96. The smallest absolute Gasteiger partial charge is 0.229 e. The fourth-order valence-electron chi connectivity index (χ4n) is 3.66. The number of morpholine rings is 1. The number of pyridine rings is 1. The number of hydrogen-bond acceptors (Lipinski definition) is 8. The summed E-state index contributed by atoms with van der Waals surface area (Å²) in [4.78, 5) is 31.5. The van der Waals surface area contributed by atoms with E-state index in [1.165, 1.54) is 4.90 Å². The van der Waals surface area contributed by atoms with Gasteiger partial charge in [0.2, 0.25) is 17.7 Å². The minimum Gasteiger partial charge on any atom is -0.476 e. The maximum atomic E-state index is 11.8.